The molecule has 1 fully saturated rings. The number of aryl methyl sites for hydroxylation is 2. The van der Waals surface area contributed by atoms with Crippen molar-refractivity contribution >= 4 is 11.3 Å². The van der Waals surface area contributed by atoms with Crippen LogP contribution in [0.5, 0.6) is 0 Å². The molecule has 100 valence electrons. The molecule has 0 unspecified atom stereocenters. The highest BCUT2D eigenvalue weighted by molar-refractivity contribution is 7.11. The van der Waals surface area contributed by atoms with Crippen LogP contribution in [0.25, 0.3) is 0 Å². The summed E-state index contributed by atoms with van der Waals surface area (Å²) >= 11 is 1.98. The fourth-order valence-corrected chi connectivity index (χ4v) is 4.09. The molecule has 1 aromatic rings. The van der Waals surface area contributed by atoms with Crippen molar-refractivity contribution in [3.05, 3.63) is 15.6 Å². The number of thiazole rings is 1. The molecule has 0 bridgehead atoms. The zero-order valence-corrected chi connectivity index (χ0v) is 11.9. The van der Waals surface area contributed by atoms with Gasteiger partial charge in [-0.15, -0.1) is 11.3 Å². The van der Waals surface area contributed by atoms with Crippen molar-refractivity contribution in [2.75, 3.05) is 26.2 Å². The van der Waals surface area contributed by atoms with Gasteiger partial charge in [0.25, 0.3) is 0 Å². The zero-order valence-electron chi connectivity index (χ0n) is 11.1. The fraction of sp³-hybridized carbons (Fsp3) is 0.786. The SMILES string of the molecule is C1CCCc2sc(CN3CCNCC3)nc2CC1. The lowest BCUT2D eigenvalue weighted by molar-refractivity contribution is 0.233. The number of nitrogens with one attached hydrogen (secondary N) is 1. The fourth-order valence-electron chi connectivity index (χ4n) is 2.89. The maximum Gasteiger partial charge on any atom is 0.107 e. The lowest BCUT2D eigenvalue weighted by Crippen LogP contribution is -2.42. The van der Waals surface area contributed by atoms with Crippen LogP contribution >= 0.6 is 11.3 Å². The van der Waals surface area contributed by atoms with Crippen molar-refractivity contribution in [2.24, 2.45) is 0 Å². The lowest BCUT2D eigenvalue weighted by atomic mass is 10.0. The molecule has 1 aliphatic heterocycles. The standard InChI is InChI=1S/C14H23N3S/c1-2-4-6-13-12(5-3-1)16-14(18-13)11-17-9-7-15-8-10-17/h15H,1-11H2. The van der Waals surface area contributed by atoms with Gasteiger partial charge in [-0.3, -0.25) is 4.90 Å². The number of hydrogen-bond donors (Lipinski definition) is 1. The first-order valence-electron chi connectivity index (χ1n) is 7.32. The topological polar surface area (TPSA) is 28.2 Å². The third-order valence-corrected chi connectivity index (χ3v) is 5.10. The Hall–Kier alpha value is -0.450. The molecule has 1 N–H and O–H groups in total. The van der Waals surface area contributed by atoms with Gasteiger partial charge in [0.1, 0.15) is 5.01 Å². The molecule has 18 heavy (non-hydrogen) atoms. The second-order valence-electron chi connectivity index (χ2n) is 5.42. The minimum Gasteiger partial charge on any atom is -0.314 e. The summed E-state index contributed by atoms with van der Waals surface area (Å²) in [6.45, 7) is 5.67. The Kier molecular flexibility index (Phi) is 4.28. The first-order valence-corrected chi connectivity index (χ1v) is 8.14. The van der Waals surface area contributed by atoms with Crippen molar-refractivity contribution in [3.63, 3.8) is 0 Å². The first-order chi connectivity index (χ1) is 8.92. The molecule has 0 saturated carbocycles. The van der Waals surface area contributed by atoms with Gasteiger partial charge >= 0.3 is 0 Å². The Bertz CT molecular complexity index is 357. The van der Waals surface area contributed by atoms with E-state index in [9.17, 15) is 0 Å². The predicted octanol–water partition coefficient (Wildman–Crippen LogP) is 2.21. The highest BCUT2D eigenvalue weighted by Crippen LogP contribution is 2.26. The summed E-state index contributed by atoms with van der Waals surface area (Å²) in [5.74, 6) is 0. The number of fused-ring (bicyclic) bond motifs is 1. The van der Waals surface area contributed by atoms with Gasteiger partial charge < -0.3 is 5.32 Å². The molecule has 0 amide bonds. The van der Waals surface area contributed by atoms with E-state index in [2.05, 4.69) is 10.2 Å². The number of aromatic nitrogens is 1. The molecule has 3 nitrogen and oxygen atoms in total. The van der Waals surface area contributed by atoms with E-state index in [1.54, 1.807) is 4.88 Å². The van der Waals surface area contributed by atoms with Crippen LogP contribution in [0, 0.1) is 0 Å². The van der Waals surface area contributed by atoms with Gasteiger partial charge in [-0.1, -0.05) is 12.8 Å². The summed E-state index contributed by atoms with van der Waals surface area (Å²) in [5, 5.41) is 4.76. The highest BCUT2D eigenvalue weighted by Gasteiger charge is 2.16. The second-order valence-corrected chi connectivity index (χ2v) is 6.59. The summed E-state index contributed by atoms with van der Waals surface area (Å²) in [4.78, 5) is 9.02. The number of rotatable bonds is 2. The lowest BCUT2D eigenvalue weighted by Gasteiger charge is -2.26. The molecular weight excluding hydrogens is 242 g/mol. The van der Waals surface area contributed by atoms with E-state index in [0.29, 0.717) is 0 Å². The molecule has 3 rings (SSSR count). The minimum atomic E-state index is 1.07. The molecule has 2 heterocycles. The van der Waals surface area contributed by atoms with E-state index in [4.69, 9.17) is 4.98 Å². The molecule has 0 aromatic carbocycles. The average molecular weight is 265 g/mol. The summed E-state index contributed by atoms with van der Waals surface area (Å²) < 4.78 is 0. The van der Waals surface area contributed by atoms with Crippen LogP contribution < -0.4 is 5.32 Å². The smallest absolute Gasteiger partial charge is 0.107 e. The number of nitrogens with zero attached hydrogens (tertiary/aromatic N) is 2. The molecule has 0 atom stereocenters. The van der Waals surface area contributed by atoms with Crippen LogP contribution in [0.3, 0.4) is 0 Å². The molecule has 1 aliphatic carbocycles. The van der Waals surface area contributed by atoms with Crippen molar-refractivity contribution in [1.82, 2.24) is 15.2 Å². The molecule has 0 radical (unpaired) electrons. The average Bonchev–Trinajstić information content (AvgIpc) is 2.72. The van der Waals surface area contributed by atoms with E-state index >= 15 is 0 Å². The normalized spacial score (nSPS) is 22.2. The number of hydrogen-bond acceptors (Lipinski definition) is 4. The van der Waals surface area contributed by atoms with Crippen LogP contribution in [0.1, 0.15) is 41.3 Å². The van der Waals surface area contributed by atoms with E-state index < -0.39 is 0 Å². The Labute approximate surface area is 114 Å². The van der Waals surface area contributed by atoms with Crippen molar-refractivity contribution in [2.45, 2.75) is 45.1 Å². The number of piperazine rings is 1. The van der Waals surface area contributed by atoms with Gasteiger partial charge in [-0.2, -0.15) is 0 Å². The summed E-state index contributed by atoms with van der Waals surface area (Å²) in [5.41, 5.74) is 1.42. The van der Waals surface area contributed by atoms with Crippen LogP contribution in [0.4, 0.5) is 0 Å². The van der Waals surface area contributed by atoms with Gasteiger partial charge in [0, 0.05) is 31.1 Å². The van der Waals surface area contributed by atoms with Crippen LogP contribution in [0.2, 0.25) is 0 Å². The zero-order chi connectivity index (χ0) is 12.2. The third kappa shape index (κ3) is 3.11. The third-order valence-electron chi connectivity index (χ3n) is 3.96. The van der Waals surface area contributed by atoms with Gasteiger partial charge in [0.05, 0.1) is 12.2 Å². The maximum atomic E-state index is 4.90. The first kappa shape index (κ1) is 12.6. The Morgan fingerprint density at radius 3 is 2.67 bits per heavy atom. The summed E-state index contributed by atoms with van der Waals surface area (Å²) in [6, 6.07) is 0. The van der Waals surface area contributed by atoms with E-state index in [0.717, 1.165) is 19.6 Å². The maximum absolute atomic E-state index is 4.90. The van der Waals surface area contributed by atoms with Crippen molar-refractivity contribution < 1.29 is 0 Å². The Balaban J connectivity index is 1.66. The summed E-state index contributed by atoms with van der Waals surface area (Å²) in [7, 11) is 0. The molecule has 2 aliphatic rings. The second kappa shape index (κ2) is 6.13. The summed E-state index contributed by atoms with van der Waals surface area (Å²) in [6.07, 6.45) is 7.99. The molecule has 1 aromatic heterocycles. The van der Waals surface area contributed by atoms with E-state index in [-0.39, 0.29) is 0 Å². The molecule has 4 heteroatoms. The van der Waals surface area contributed by atoms with Crippen LogP contribution in [-0.4, -0.2) is 36.1 Å². The Morgan fingerprint density at radius 2 is 1.83 bits per heavy atom. The molecular formula is C14H23N3S. The van der Waals surface area contributed by atoms with Gasteiger partial charge in [0.15, 0.2) is 0 Å². The van der Waals surface area contributed by atoms with Crippen molar-refractivity contribution in [3.8, 4) is 0 Å². The predicted molar refractivity (Wildman–Crippen MR) is 76.1 cm³/mol. The quantitative estimate of drug-likeness (QED) is 0.888. The minimum absolute atomic E-state index is 1.07. The van der Waals surface area contributed by atoms with Gasteiger partial charge in [0.2, 0.25) is 0 Å². The Morgan fingerprint density at radius 1 is 1.06 bits per heavy atom. The molecule has 0 spiro atoms. The van der Waals surface area contributed by atoms with Gasteiger partial charge in [-0.05, 0) is 25.7 Å². The van der Waals surface area contributed by atoms with Gasteiger partial charge in [-0.25, -0.2) is 4.98 Å². The van der Waals surface area contributed by atoms with Crippen LogP contribution in [0.15, 0.2) is 0 Å². The molecule has 1 saturated heterocycles. The van der Waals surface area contributed by atoms with E-state index in [1.165, 1.54) is 62.3 Å². The van der Waals surface area contributed by atoms with Crippen LogP contribution in [-0.2, 0) is 19.4 Å². The largest absolute Gasteiger partial charge is 0.314 e. The van der Waals surface area contributed by atoms with Crippen molar-refractivity contribution in [1.29, 1.82) is 0 Å². The monoisotopic (exact) mass is 265 g/mol. The highest BCUT2D eigenvalue weighted by atomic mass is 32.1. The van der Waals surface area contributed by atoms with E-state index in [1.807, 2.05) is 11.3 Å².